The Morgan fingerprint density at radius 1 is 1.40 bits per heavy atom. The minimum Gasteiger partial charge on any atom is -0.314 e. The fraction of sp³-hybridized carbons (Fsp3) is 0.647. The molecule has 110 valence electrons. The van der Waals surface area contributed by atoms with Gasteiger partial charge >= 0.3 is 0 Å². The molecule has 0 aromatic heterocycles. The Morgan fingerprint density at radius 2 is 2.25 bits per heavy atom. The van der Waals surface area contributed by atoms with Crippen molar-refractivity contribution < 1.29 is 0 Å². The Kier molecular flexibility index (Phi) is 4.69. The van der Waals surface area contributed by atoms with Gasteiger partial charge < -0.3 is 5.32 Å². The van der Waals surface area contributed by atoms with Crippen LogP contribution >= 0.6 is 11.8 Å². The molecule has 1 N–H and O–H groups in total. The quantitative estimate of drug-likeness (QED) is 0.917. The van der Waals surface area contributed by atoms with Crippen molar-refractivity contribution in [2.45, 2.75) is 42.9 Å². The van der Waals surface area contributed by atoms with Gasteiger partial charge in [0.05, 0.1) is 0 Å². The first kappa shape index (κ1) is 14.4. The molecule has 2 aliphatic rings. The molecule has 1 aromatic carbocycles. The molecular formula is C17H26N2S. The summed E-state index contributed by atoms with van der Waals surface area (Å²) < 4.78 is 0. The lowest BCUT2D eigenvalue weighted by Crippen LogP contribution is -2.55. The summed E-state index contributed by atoms with van der Waals surface area (Å²) in [5.41, 5.74) is 1.55. The van der Waals surface area contributed by atoms with Crippen LogP contribution in [0.5, 0.6) is 0 Å². The summed E-state index contributed by atoms with van der Waals surface area (Å²) in [5, 5.41) is 4.32. The van der Waals surface area contributed by atoms with Crippen LogP contribution in [0.15, 0.2) is 29.2 Å². The molecule has 20 heavy (non-hydrogen) atoms. The third kappa shape index (κ3) is 3.05. The summed E-state index contributed by atoms with van der Waals surface area (Å²) in [6, 6.07) is 9.64. The highest BCUT2D eigenvalue weighted by atomic mass is 32.2. The topological polar surface area (TPSA) is 15.3 Å². The Bertz CT molecular complexity index is 423. The summed E-state index contributed by atoms with van der Waals surface area (Å²) >= 11 is 2.09. The van der Waals surface area contributed by atoms with Crippen LogP contribution < -0.4 is 5.32 Å². The molecule has 2 heterocycles. The number of piperazine rings is 1. The molecule has 2 nitrogen and oxygen atoms in total. The highest BCUT2D eigenvalue weighted by molar-refractivity contribution is 8.00. The minimum absolute atomic E-state index is 0.720. The van der Waals surface area contributed by atoms with Crippen molar-refractivity contribution in [2.75, 3.05) is 26.2 Å². The fourth-order valence-corrected chi connectivity index (χ4v) is 4.79. The van der Waals surface area contributed by atoms with Gasteiger partial charge in [-0.3, -0.25) is 4.90 Å². The minimum atomic E-state index is 0.720. The van der Waals surface area contributed by atoms with Crippen LogP contribution in [0.3, 0.4) is 0 Å². The van der Waals surface area contributed by atoms with Crippen molar-refractivity contribution >= 4 is 11.8 Å². The van der Waals surface area contributed by atoms with Gasteiger partial charge in [-0.1, -0.05) is 38.5 Å². The van der Waals surface area contributed by atoms with Gasteiger partial charge in [-0.25, -0.2) is 0 Å². The van der Waals surface area contributed by atoms with Gasteiger partial charge in [0.1, 0.15) is 0 Å². The Balaban J connectivity index is 1.62. The third-order valence-electron chi connectivity index (χ3n) is 4.85. The summed E-state index contributed by atoms with van der Waals surface area (Å²) in [6.45, 7) is 9.49. The molecule has 3 rings (SSSR count). The van der Waals surface area contributed by atoms with Crippen molar-refractivity contribution in [3.05, 3.63) is 29.8 Å². The maximum Gasteiger partial charge on any atom is 0.0263 e. The van der Waals surface area contributed by atoms with Crippen molar-refractivity contribution in [1.29, 1.82) is 0 Å². The van der Waals surface area contributed by atoms with E-state index in [1.807, 2.05) is 0 Å². The molecule has 0 bridgehead atoms. The number of benzene rings is 1. The van der Waals surface area contributed by atoms with E-state index in [2.05, 4.69) is 60.1 Å². The monoisotopic (exact) mass is 290 g/mol. The zero-order chi connectivity index (χ0) is 13.9. The number of rotatable bonds is 4. The van der Waals surface area contributed by atoms with E-state index in [1.54, 1.807) is 5.56 Å². The maximum atomic E-state index is 3.57. The number of thioether (sulfide) groups is 1. The predicted octanol–water partition coefficient (Wildman–Crippen LogP) is 3.02. The first-order chi connectivity index (χ1) is 9.78. The van der Waals surface area contributed by atoms with Gasteiger partial charge in [-0.2, -0.15) is 0 Å². The molecule has 3 unspecified atom stereocenters. The number of nitrogens with one attached hydrogen (secondary N) is 1. The fourth-order valence-electron chi connectivity index (χ4n) is 3.44. The van der Waals surface area contributed by atoms with E-state index >= 15 is 0 Å². The lowest BCUT2D eigenvalue weighted by Gasteiger charge is -2.40. The standard InChI is InChI=1S/C17H26N2S/c1-3-13(2)16-11-18-8-9-19(16)12-15-10-14-6-4-5-7-17(14)20-15/h4-7,13,15-16,18H,3,8-12H2,1-2H3. The molecule has 1 aromatic rings. The zero-order valence-electron chi connectivity index (χ0n) is 12.6. The third-order valence-corrected chi connectivity index (χ3v) is 6.15. The Labute approximate surface area is 127 Å². The van der Waals surface area contributed by atoms with Gasteiger partial charge in [-0.15, -0.1) is 11.8 Å². The lowest BCUT2D eigenvalue weighted by atomic mass is 9.95. The van der Waals surface area contributed by atoms with E-state index in [0.717, 1.165) is 23.8 Å². The van der Waals surface area contributed by atoms with Crippen LogP contribution in [-0.4, -0.2) is 42.4 Å². The SMILES string of the molecule is CCC(C)C1CNCCN1CC1Cc2ccccc2S1. The number of fused-ring (bicyclic) bond motifs is 1. The Morgan fingerprint density at radius 3 is 3.05 bits per heavy atom. The lowest BCUT2D eigenvalue weighted by molar-refractivity contribution is 0.117. The van der Waals surface area contributed by atoms with Crippen molar-refractivity contribution in [2.24, 2.45) is 5.92 Å². The predicted molar refractivity (Wildman–Crippen MR) is 87.5 cm³/mol. The zero-order valence-corrected chi connectivity index (χ0v) is 13.5. The number of hydrogen-bond donors (Lipinski definition) is 1. The molecule has 0 radical (unpaired) electrons. The molecule has 0 saturated carbocycles. The highest BCUT2D eigenvalue weighted by Crippen LogP contribution is 2.37. The van der Waals surface area contributed by atoms with E-state index < -0.39 is 0 Å². The summed E-state index contributed by atoms with van der Waals surface area (Å²) in [7, 11) is 0. The van der Waals surface area contributed by atoms with Crippen molar-refractivity contribution in [3.8, 4) is 0 Å². The van der Waals surface area contributed by atoms with Crippen molar-refractivity contribution in [3.63, 3.8) is 0 Å². The van der Waals surface area contributed by atoms with Gasteiger partial charge in [0.25, 0.3) is 0 Å². The van der Waals surface area contributed by atoms with Gasteiger partial charge in [0.2, 0.25) is 0 Å². The molecule has 1 fully saturated rings. The van der Waals surface area contributed by atoms with E-state index in [9.17, 15) is 0 Å². The average Bonchev–Trinajstić information content (AvgIpc) is 2.89. The number of nitrogens with zero attached hydrogens (tertiary/aromatic N) is 1. The van der Waals surface area contributed by atoms with E-state index in [0.29, 0.717) is 0 Å². The molecular weight excluding hydrogens is 264 g/mol. The van der Waals surface area contributed by atoms with E-state index in [-0.39, 0.29) is 0 Å². The van der Waals surface area contributed by atoms with Crippen LogP contribution in [0.2, 0.25) is 0 Å². The molecule has 0 spiro atoms. The smallest absolute Gasteiger partial charge is 0.0263 e. The largest absolute Gasteiger partial charge is 0.314 e. The summed E-state index contributed by atoms with van der Waals surface area (Å²) in [6.07, 6.45) is 2.53. The molecule has 0 amide bonds. The van der Waals surface area contributed by atoms with Crippen LogP contribution in [0.1, 0.15) is 25.8 Å². The number of hydrogen-bond acceptors (Lipinski definition) is 3. The summed E-state index contributed by atoms with van der Waals surface area (Å²) in [4.78, 5) is 4.25. The van der Waals surface area contributed by atoms with E-state index in [4.69, 9.17) is 0 Å². The van der Waals surface area contributed by atoms with Crippen LogP contribution in [0, 0.1) is 5.92 Å². The van der Waals surface area contributed by atoms with Crippen molar-refractivity contribution in [1.82, 2.24) is 10.2 Å². The highest BCUT2D eigenvalue weighted by Gasteiger charge is 2.30. The van der Waals surface area contributed by atoms with Gasteiger partial charge in [0, 0.05) is 42.4 Å². The molecule has 0 aliphatic carbocycles. The molecule has 2 aliphatic heterocycles. The second-order valence-electron chi connectivity index (χ2n) is 6.20. The van der Waals surface area contributed by atoms with E-state index in [1.165, 1.54) is 37.4 Å². The second kappa shape index (κ2) is 6.50. The first-order valence-corrected chi connectivity index (χ1v) is 8.85. The maximum absolute atomic E-state index is 3.57. The first-order valence-electron chi connectivity index (χ1n) is 7.97. The average molecular weight is 290 g/mol. The molecule has 1 saturated heterocycles. The second-order valence-corrected chi connectivity index (χ2v) is 7.55. The van der Waals surface area contributed by atoms with Crippen LogP contribution in [0.25, 0.3) is 0 Å². The van der Waals surface area contributed by atoms with Gasteiger partial charge in [-0.05, 0) is 24.0 Å². The van der Waals surface area contributed by atoms with Crippen LogP contribution in [0.4, 0.5) is 0 Å². The summed E-state index contributed by atoms with van der Waals surface area (Å²) in [5.74, 6) is 0.788. The molecule has 3 heteroatoms. The Hall–Kier alpha value is -0.510. The van der Waals surface area contributed by atoms with Crippen LogP contribution in [-0.2, 0) is 6.42 Å². The molecule has 3 atom stereocenters. The normalized spacial score (nSPS) is 28.3. The van der Waals surface area contributed by atoms with Gasteiger partial charge in [0.15, 0.2) is 0 Å².